The molecule has 0 unspecified atom stereocenters. The van der Waals surface area contributed by atoms with Crippen molar-refractivity contribution in [2.75, 3.05) is 5.32 Å². The molecule has 19 heavy (non-hydrogen) atoms. The van der Waals surface area contributed by atoms with Gasteiger partial charge in [0.05, 0.1) is 4.92 Å². The Balaban J connectivity index is 2.01. The number of nitrogens with zero attached hydrogens (tertiary/aromatic N) is 1. The zero-order chi connectivity index (χ0) is 13.8. The van der Waals surface area contributed by atoms with Crippen molar-refractivity contribution in [3.63, 3.8) is 0 Å². The van der Waals surface area contributed by atoms with Gasteiger partial charge < -0.3 is 5.32 Å². The molecule has 0 spiro atoms. The van der Waals surface area contributed by atoms with E-state index in [0.29, 0.717) is 12.5 Å². The predicted octanol–water partition coefficient (Wildman–Crippen LogP) is 4.39. The molecule has 0 aliphatic heterocycles. The monoisotopic (exact) mass is 276 g/mol. The van der Waals surface area contributed by atoms with Gasteiger partial charge >= 0.3 is 5.00 Å². The molecule has 0 radical (unpaired) electrons. The van der Waals surface area contributed by atoms with Crippen molar-refractivity contribution >= 4 is 22.0 Å². The molecule has 0 saturated heterocycles. The van der Waals surface area contributed by atoms with Crippen LogP contribution in [0.1, 0.15) is 30.2 Å². The Hall–Kier alpha value is -1.88. The van der Waals surface area contributed by atoms with Gasteiger partial charge in [-0.05, 0) is 29.7 Å². The third kappa shape index (κ3) is 3.54. The topological polar surface area (TPSA) is 55.2 Å². The number of benzene rings is 1. The van der Waals surface area contributed by atoms with Crippen LogP contribution in [0.25, 0.3) is 0 Å². The molecule has 1 aromatic carbocycles. The second-order valence-electron chi connectivity index (χ2n) is 4.63. The minimum Gasteiger partial charge on any atom is -0.380 e. The van der Waals surface area contributed by atoms with E-state index in [9.17, 15) is 10.1 Å². The molecule has 2 aromatic rings. The molecular formula is C14H16N2O2S. The minimum atomic E-state index is -0.354. The second kappa shape index (κ2) is 5.84. The van der Waals surface area contributed by atoms with Crippen LogP contribution in [0, 0.1) is 10.1 Å². The first kappa shape index (κ1) is 13.5. The Morgan fingerprint density at radius 3 is 2.74 bits per heavy atom. The average Bonchev–Trinajstić information content (AvgIpc) is 2.85. The Kier molecular flexibility index (Phi) is 4.16. The van der Waals surface area contributed by atoms with Crippen LogP contribution in [0.15, 0.2) is 36.4 Å². The fourth-order valence-electron chi connectivity index (χ4n) is 1.76. The van der Waals surface area contributed by atoms with Crippen LogP contribution in [-0.2, 0) is 6.54 Å². The molecule has 0 saturated carbocycles. The van der Waals surface area contributed by atoms with E-state index in [4.69, 9.17) is 0 Å². The number of nitro groups is 1. The molecule has 100 valence electrons. The molecule has 1 aromatic heterocycles. The molecule has 0 aliphatic rings. The van der Waals surface area contributed by atoms with Gasteiger partial charge in [0.15, 0.2) is 0 Å². The lowest BCUT2D eigenvalue weighted by molar-refractivity contribution is -0.380. The van der Waals surface area contributed by atoms with Crippen molar-refractivity contribution in [1.29, 1.82) is 0 Å². The summed E-state index contributed by atoms with van der Waals surface area (Å²) in [5.41, 5.74) is 2.32. The third-order valence-electron chi connectivity index (χ3n) is 2.85. The molecule has 0 amide bonds. The number of hydrogen-bond acceptors (Lipinski definition) is 4. The minimum absolute atomic E-state index is 0.188. The Morgan fingerprint density at radius 2 is 2.11 bits per heavy atom. The van der Waals surface area contributed by atoms with Gasteiger partial charge in [-0.25, -0.2) is 0 Å². The quantitative estimate of drug-likeness (QED) is 0.650. The highest BCUT2D eigenvalue weighted by atomic mass is 32.1. The van der Waals surface area contributed by atoms with Gasteiger partial charge in [0.1, 0.15) is 0 Å². The van der Waals surface area contributed by atoms with Crippen molar-refractivity contribution in [1.82, 2.24) is 0 Å². The SMILES string of the molecule is CC(C)c1cccc(NCc2ccc([N+](=O)[O-])s2)c1. The maximum Gasteiger partial charge on any atom is 0.324 e. The first-order valence-electron chi connectivity index (χ1n) is 6.13. The zero-order valence-corrected chi connectivity index (χ0v) is 11.7. The summed E-state index contributed by atoms with van der Waals surface area (Å²) in [6.07, 6.45) is 0. The summed E-state index contributed by atoms with van der Waals surface area (Å²) in [7, 11) is 0. The number of rotatable bonds is 5. The summed E-state index contributed by atoms with van der Waals surface area (Å²) in [6.45, 7) is 4.92. The number of nitrogens with one attached hydrogen (secondary N) is 1. The molecule has 5 heteroatoms. The number of thiophene rings is 1. The molecule has 2 rings (SSSR count). The van der Waals surface area contributed by atoms with E-state index in [2.05, 4.69) is 31.3 Å². The van der Waals surface area contributed by atoms with E-state index < -0.39 is 0 Å². The first-order chi connectivity index (χ1) is 9.06. The van der Waals surface area contributed by atoms with Crippen LogP contribution in [0.5, 0.6) is 0 Å². The maximum absolute atomic E-state index is 10.6. The van der Waals surface area contributed by atoms with E-state index in [1.807, 2.05) is 12.1 Å². The molecule has 0 bridgehead atoms. The maximum atomic E-state index is 10.6. The van der Waals surface area contributed by atoms with E-state index in [1.54, 1.807) is 12.1 Å². The van der Waals surface area contributed by atoms with Crippen molar-refractivity contribution in [3.05, 3.63) is 57.0 Å². The van der Waals surface area contributed by atoms with Crippen LogP contribution in [0.3, 0.4) is 0 Å². The summed E-state index contributed by atoms with van der Waals surface area (Å²) in [6, 6.07) is 11.6. The van der Waals surface area contributed by atoms with Crippen molar-refractivity contribution < 1.29 is 4.92 Å². The number of hydrogen-bond donors (Lipinski definition) is 1. The third-order valence-corrected chi connectivity index (χ3v) is 3.88. The summed E-state index contributed by atoms with van der Waals surface area (Å²) in [5, 5.41) is 14.1. The second-order valence-corrected chi connectivity index (χ2v) is 5.78. The fourth-order valence-corrected chi connectivity index (χ4v) is 2.52. The van der Waals surface area contributed by atoms with Gasteiger partial charge in [0.25, 0.3) is 0 Å². The van der Waals surface area contributed by atoms with Crippen LogP contribution in [0.2, 0.25) is 0 Å². The van der Waals surface area contributed by atoms with Crippen LogP contribution < -0.4 is 5.32 Å². The van der Waals surface area contributed by atoms with Crippen molar-refractivity contribution in [3.8, 4) is 0 Å². The molecule has 0 fully saturated rings. The Morgan fingerprint density at radius 1 is 1.32 bits per heavy atom. The normalized spacial score (nSPS) is 10.7. The van der Waals surface area contributed by atoms with Crippen LogP contribution >= 0.6 is 11.3 Å². The highest BCUT2D eigenvalue weighted by Crippen LogP contribution is 2.25. The summed E-state index contributed by atoms with van der Waals surface area (Å²) in [5.74, 6) is 0.490. The summed E-state index contributed by atoms with van der Waals surface area (Å²) < 4.78 is 0. The lowest BCUT2D eigenvalue weighted by Crippen LogP contribution is -1.98. The molecule has 4 nitrogen and oxygen atoms in total. The van der Waals surface area contributed by atoms with Crippen LogP contribution in [-0.4, -0.2) is 4.92 Å². The van der Waals surface area contributed by atoms with E-state index in [0.717, 1.165) is 10.6 Å². The molecular weight excluding hydrogens is 260 g/mol. The predicted molar refractivity (Wildman–Crippen MR) is 78.8 cm³/mol. The molecule has 0 aliphatic carbocycles. The standard InChI is InChI=1S/C14H16N2O2S/c1-10(2)11-4-3-5-12(8-11)15-9-13-6-7-14(19-13)16(17)18/h3-8,10,15H,9H2,1-2H3. The van der Waals surface area contributed by atoms with Gasteiger partial charge in [0, 0.05) is 23.2 Å². The largest absolute Gasteiger partial charge is 0.380 e. The summed E-state index contributed by atoms with van der Waals surface area (Å²) in [4.78, 5) is 11.2. The first-order valence-corrected chi connectivity index (χ1v) is 6.95. The van der Waals surface area contributed by atoms with E-state index in [-0.39, 0.29) is 9.92 Å². The van der Waals surface area contributed by atoms with Gasteiger partial charge in [-0.15, -0.1) is 0 Å². The molecule has 1 heterocycles. The Labute approximate surface area is 116 Å². The fraction of sp³-hybridized carbons (Fsp3) is 0.286. The average molecular weight is 276 g/mol. The van der Waals surface area contributed by atoms with Crippen LogP contribution in [0.4, 0.5) is 10.7 Å². The van der Waals surface area contributed by atoms with Gasteiger partial charge in [-0.3, -0.25) is 10.1 Å². The van der Waals surface area contributed by atoms with Crippen molar-refractivity contribution in [2.45, 2.75) is 26.3 Å². The lowest BCUT2D eigenvalue weighted by atomic mass is 10.0. The summed E-state index contributed by atoms with van der Waals surface area (Å²) >= 11 is 1.21. The lowest BCUT2D eigenvalue weighted by Gasteiger charge is -2.09. The van der Waals surface area contributed by atoms with E-state index in [1.165, 1.54) is 16.9 Å². The van der Waals surface area contributed by atoms with E-state index >= 15 is 0 Å². The highest BCUT2D eigenvalue weighted by molar-refractivity contribution is 7.15. The smallest absolute Gasteiger partial charge is 0.324 e. The Bertz CT molecular complexity index is 578. The number of anilines is 1. The molecule has 1 N–H and O–H groups in total. The van der Waals surface area contributed by atoms with Gasteiger partial charge in [-0.2, -0.15) is 0 Å². The zero-order valence-electron chi connectivity index (χ0n) is 10.9. The molecule has 0 atom stereocenters. The van der Waals surface area contributed by atoms with Gasteiger partial charge in [-0.1, -0.05) is 37.3 Å². The highest BCUT2D eigenvalue weighted by Gasteiger charge is 2.09. The van der Waals surface area contributed by atoms with Crippen molar-refractivity contribution in [2.24, 2.45) is 0 Å². The van der Waals surface area contributed by atoms with Gasteiger partial charge in [0.2, 0.25) is 0 Å².